The molecule has 23 heavy (non-hydrogen) atoms. The van der Waals surface area contributed by atoms with Crippen molar-refractivity contribution in [3.05, 3.63) is 40.6 Å². The molecule has 3 nitrogen and oxygen atoms in total. The molecule has 1 aromatic carbocycles. The number of ketones is 1. The van der Waals surface area contributed by atoms with Crippen LogP contribution in [0, 0.1) is 6.92 Å². The summed E-state index contributed by atoms with van der Waals surface area (Å²) in [7, 11) is 0. The summed E-state index contributed by atoms with van der Waals surface area (Å²) in [5.41, 5.74) is 2.46. The second-order valence-corrected chi connectivity index (χ2v) is 6.39. The highest BCUT2D eigenvalue weighted by Gasteiger charge is 2.45. The van der Waals surface area contributed by atoms with Gasteiger partial charge in [-0.2, -0.15) is 13.2 Å². The average Bonchev–Trinajstić information content (AvgIpc) is 2.74. The van der Waals surface area contributed by atoms with E-state index in [1.54, 1.807) is 19.1 Å². The van der Waals surface area contributed by atoms with E-state index in [1.807, 2.05) is 6.07 Å². The Hall–Kier alpha value is -1.95. The number of carbonyl (C=O) groups is 1. The third-order valence-electron chi connectivity index (χ3n) is 4.89. The molecular weight excluding hydrogens is 305 g/mol. The third-order valence-corrected chi connectivity index (χ3v) is 4.89. The largest absolute Gasteiger partial charge is 0.454 e. The number of fused-ring (bicyclic) bond motifs is 6. The van der Waals surface area contributed by atoms with Crippen molar-refractivity contribution in [3.8, 4) is 0 Å². The van der Waals surface area contributed by atoms with Gasteiger partial charge < -0.3 is 5.32 Å². The number of nitrogens with one attached hydrogen (secondary N) is 1. The number of pyridine rings is 1. The average molecular weight is 320 g/mol. The lowest BCUT2D eigenvalue weighted by molar-refractivity contribution is -0.0884. The van der Waals surface area contributed by atoms with E-state index < -0.39 is 12.0 Å². The number of nitrogens with zero attached hydrogens (tertiary/aromatic N) is 1. The number of Topliss-reactive ketones (excluding diaryl/α,β-unsaturated/α-hetero) is 1. The fraction of sp³-hybridized carbons (Fsp3) is 0.412. The van der Waals surface area contributed by atoms with Gasteiger partial charge in [-0.25, -0.2) is 0 Å². The molecule has 1 fully saturated rings. The van der Waals surface area contributed by atoms with Crippen LogP contribution in [0.25, 0.3) is 10.9 Å². The monoisotopic (exact) mass is 320 g/mol. The predicted molar refractivity (Wildman–Crippen MR) is 79.8 cm³/mol. The fourth-order valence-corrected chi connectivity index (χ4v) is 3.98. The van der Waals surface area contributed by atoms with Crippen LogP contribution in [0.4, 0.5) is 13.2 Å². The Labute approximate surface area is 130 Å². The molecule has 1 aliphatic carbocycles. The molecule has 1 aromatic heterocycles. The molecule has 2 heterocycles. The summed E-state index contributed by atoms with van der Waals surface area (Å²) in [5.74, 6) is -1.62. The van der Waals surface area contributed by atoms with Crippen molar-refractivity contribution in [2.24, 2.45) is 0 Å². The zero-order chi connectivity index (χ0) is 16.4. The molecule has 0 amide bonds. The maximum atomic E-state index is 13.2. The van der Waals surface area contributed by atoms with Gasteiger partial charge in [-0.1, -0.05) is 6.07 Å². The Morgan fingerprint density at radius 3 is 2.74 bits per heavy atom. The molecule has 4 rings (SSSR count). The van der Waals surface area contributed by atoms with Crippen LogP contribution in [0.1, 0.15) is 45.4 Å². The second-order valence-electron chi connectivity index (χ2n) is 6.39. The lowest BCUT2D eigenvalue weighted by Gasteiger charge is -2.20. The number of alkyl halides is 3. The normalized spacial score (nSPS) is 23.1. The summed E-state index contributed by atoms with van der Waals surface area (Å²) in [4.78, 5) is 16.5. The van der Waals surface area contributed by atoms with Crippen LogP contribution in [0.15, 0.2) is 18.2 Å². The standard InChI is InChI=1S/C17H15F3N2O/c1-8-2-3-11-13(22-8)5-12-9-4-10(7-21-6-9)14(12)15(11)16(23)17(18,19)20/h2-3,5,9-10,21H,4,6-7H2,1H3. The molecule has 120 valence electrons. The van der Waals surface area contributed by atoms with Gasteiger partial charge in [0.2, 0.25) is 0 Å². The van der Waals surface area contributed by atoms with E-state index in [0.717, 1.165) is 24.2 Å². The summed E-state index contributed by atoms with van der Waals surface area (Å²) in [5, 5.41) is 3.56. The zero-order valence-electron chi connectivity index (χ0n) is 12.5. The summed E-state index contributed by atoms with van der Waals surface area (Å²) in [6, 6.07) is 5.12. The van der Waals surface area contributed by atoms with Crippen LogP contribution in [-0.4, -0.2) is 30.0 Å². The van der Waals surface area contributed by atoms with Crippen molar-refractivity contribution in [2.75, 3.05) is 13.1 Å². The summed E-state index contributed by atoms with van der Waals surface area (Å²) in [6.45, 7) is 3.14. The van der Waals surface area contributed by atoms with Gasteiger partial charge in [-0.15, -0.1) is 0 Å². The van der Waals surface area contributed by atoms with E-state index in [-0.39, 0.29) is 17.4 Å². The quantitative estimate of drug-likeness (QED) is 0.818. The smallest absolute Gasteiger partial charge is 0.316 e. The Kier molecular flexibility index (Phi) is 3.04. The number of hydrogen-bond acceptors (Lipinski definition) is 3. The molecule has 2 aromatic rings. The van der Waals surface area contributed by atoms with Crippen molar-refractivity contribution < 1.29 is 18.0 Å². The van der Waals surface area contributed by atoms with Crippen LogP contribution >= 0.6 is 0 Å². The molecule has 0 saturated carbocycles. The van der Waals surface area contributed by atoms with Crippen molar-refractivity contribution in [2.45, 2.75) is 31.4 Å². The van der Waals surface area contributed by atoms with E-state index in [9.17, 15) is 18.0 Å². The topological polar surface area (TPSA) is 42.0 Å². The maximum Gasteiger partial charge on any atom is 0.454 e. The van der Waals surface area contributed by atoms with Crippen LogP contribution in [0.3, 0.4) is 0 Å². The van der Waals surface area contributed by atoms with E-state index in [0.29, 0.717) is 23.0 Å². The zero-order valence-corrected chi connectivity index (χ0v) is 12.5. The van der Waals surface area contributed by atoms with E-state index in [1.165, 1.54) is 0 Å². The number of carbonyl (C=O) groups excluding carboxylic acids is 1. The molecule has 0 radical (unpaired) electrons. The minimum Gasteiger partial charge on any atom is -0.316 e. The van der Waals surface area contributed by atoms with E-state index >= 15 is 0 Å². The summed E-state index contributed by atoms with van der Waals surface area (Å²) in [6.07, 6.45) is -4.08. The minimum absolute atomic E-state index is 0.0317. The van der Waals surface area contributed by atoms with Gasteiger partial charge >= 0.3 is 6.18 Å². The van der Waals surface area contributed by atoms with Crippen LogP contribution in [-0.2, 0) is 0 Å². The first-order valence-electron chi connectivity index (χ1n) is 7.62. The van der Waals surface area contributed by atoms with Gasteiger partial charge in [0.05, 0.1) is 5.52 Å². The fourth-order valence-electron chi connectivity index (χ4n) is 3.98. The van der Waals surface area contributed by atoms with E-state index in [2.05, 4.69) is 10.3 Å². The first-order chi connectivity index (χ1) is 10.9. The highest BCUT2D eigenvalue weighted by molar-refractivity contribution is 6.12. The van der Waals surface area contributed by atoms with Gasteiger partial charge in [0, 0.05) is 29.7 Å². The number of rotatable bonds is 1. The van der Waals surface area contributed by atoms with E-state index in [4.69, 9.17) is 0 Å². The Bertz CT molecular complexity index is 829. The lowest BCUT2D eigenvalue weighted by Crippen LogP contribution is -2.29. The molecule has 6 heteroatoms. The number of benzene rings is 1. The predicted octanol–water partition coefficient (Wildman–Crippen LogP) is 3.46. The van der Waals surface area contributed by atoms with Gasteiger partial charge in [0.1, 0.15) is 0 Å². The number of hydrogen-bond donors (Lipinski definition) is 1. The van der Waals surface area contributed by atoms with Gasteiger partial charge in [-0.05, 0) is 48.4 Å². The Balaban J connectivity index is 2.08. The number of aromatic nitrogens is 1. The Morgan fingerprint density at radius 2 is 2.00 bits per heavy atom. The molecule has 2 aliphatic rings. The van der Waals surface area contributed by atoms with Gasteiger partial charge in [0.15, 0.2) is 0 Å². The van der Waals surface area contributed by atoms with Gasteiger partial charge in [-0.3, -0.25) is 9.78 Å². The molecule has 2 unspecified atom stereocenters. The number of piperidine rings is 1. The van der Waals surface area contributed by atoms with Crippen molar-refractivity contribution in [1.82, 2.24) is 10.3 Å². The molecule has 0 spiro atoms. The second kappa shape index (κ2) is 4.77. The number of aryl methyl sites for hydroxylation is 1. The highest BCUT2D eigenvalue weighted by Crippen LogP contribution is 2.48. The first kappa shape index (κ1) is 14.6. The summed E-state index contributed by atoms with van der Waals surface area (Å²) < 4.78 is 39.5. The third kappa shape index (κ3) is 2.16. The SMILES string of the molecule is Cc1ccc2c(C(=O)C(F)(F)F)c3c(cc2n1)C1CNCC3C1. The molecule has 2 bridgehead atoms. The highest BCUT2D eigenvalue weighted by atomic mass is 19.4. The molecule has 1 saturated heterocycles. The molecule has 1 N–H and O–H groups in total. The molecule has 2 atom stereocenters. The van der Waals surface area contributed by atoms with Gasteiger partial charge in [0.25, 0.3) is 5.78 Å². The Morgan fingerprint density at radius 1 is 1.26 bits per heavy atom. The van der Waals surface area contributed by atoms with Crippen molar-refractivity contribution >= 4 is 16.7 Å². The lowest BCUT2D eigenvalue weighted by atomic mass is 9.90. The first-order valence-corrected chi connectivity index (χ1v) is 7.62. The molecule has 1 aliphatic heterocycles. The summed E-state index contributed by atoms with van der Waals surface area (Å²) >= 11 is 0. The maximum absolute atomic E-state index is 13.2. The van der Waals surface area contributed by atoms with Crippen molar-refractivity contribution in [1.29, 1.82) is 0 Å². The minimum atomic E-state index is -4.88. The van der Waals surface area contributed by atoms with Crippen LogP contribution in [0.5, 0.6) is 0 Å². The van der Waals surface area contributed by atoms with Crippen molar-refractivity contribution in [3.63, 3.8) is 0 Å². The molecular formula is C17H15F3N2O. The van der Waals surface area contributed by atoms with Crippen LogP contribution in [0.2, 0.25) is 0 Å². The van der Waals surface area contributed by atoms with Crippen LogP contribution < -0.4 is 5.32 Å². The number of halogens is 3.